The lowest BCUT2D eigenvalue weighted by molar-refractivity contribution is 0.993. The van der Waals surface area contributed by atoms with Crippen molar-refractivity contribution in [3.05, 3.63) is 45.3 Å². The van der Waals surface area contributed by atoms with Crippen molar-refractivity contribution in [3.63, 3.8) is 0 Å². The topological polar surface area (TPSA) is 56.7 Å². The molecule has 2 N–H and O–H groups in total. The Morgan fingerprint density at radius 1 is 1.05 bits per heavy atom. The molecule has 0 saturated heterocycles. The number of halogens is 1. The zero-order valence-electron chi connectivity index (χ0n) is 12.5. The first kappa shape index (κ1) is 14.1. The van der Waals surface area contributed by atoms with Crippen LogP contribution in [-0.2, 0) is 0 Å². The van der Waals surface area contributed by atoms with Crippen LogP contribution in [0.5, 0.6) is 0 Å². The molecule has 2 heterocycles. The van der Waals surface area contributed by atoms with Gasteiger partial charge in [0.05, 0.1) is 5.39 Å². The number of benzene rings is 1. The van der Waals surface area contributed by atoms with E-state index in [0.717, 1.165) is 32.5 Å². The van der Waals surface area contributed by atoms with Crippen molar-refractivity contribution in [3.8, 4) is 5.69 Å². The SMILES string of the molecule is Cc1cc(Br)cc(-n2c(C)c(C)c3c(N)nc(C)nc32)c1. The normalized spacial score (nSPS) is 11.3. The molecule has 0 bridgehead atoms. The molecule has 0 atom stereocenters. The summed E-state index contributed by atoms with van der Waals surface area (Å²) in [7, 11) is 0. The van der Waals surface area contributed by atoms with Crippen molar-refractivity contribution < 1.29 is 0 Å². The number of rotatable bonds is 1. The lowest BCUT2D eigenvalue weighted by Crippen LogP contribution is -2.01. The summed E-state index contributed by atoms with van der Waals surface area (Å²) in [5, 5.41) is 0.940. The molecule has 3 aromatic rings. The lowest BCUT2D eigenvalue weighted by atomic mass is 10.2. The van der Waals surface area contributed by atoms with E-state index in [1.807, 2.05) is 6.92 Å². The number of fused-ring (bicyclic) bond motifs is 1. The van der Waals surface area contributed by atoms with Crippen LogP contribution in [0.4, 0.5) is 5.82 Å². The highest BCUT2D eigenvalue weighted by Crippen LogP contribution is 2.31. The van der Waals surface area contributed by atoms with Gasteiger partial charge in [0.15, 0.2) is 5.65 Å². The number of aromatic nitrogens is 3. The van der Waals surface area contributed by atoms with Gasteiger partial charge in [0.1, 0.15) is 11.6 Å². The van der Waals surface area contributed by atoms with E-state index in [0.29, 0.717) is 11.6 Å². The Balaban J connectivity index is 2.45. The molecule has 0 spiro atoms. The van der Waals surface area contributed by atoms with Crippen molar-refractivity contribution in [2.45, 2.75) is 27.7 Å². The first-order valence-corrected chi connectivity index (χ1v) is 7.57. The maximum atomic E-state index is 6.10. The second-order valence-electron chi connectivity index (χ2n) is 5.39. The van der Waals surface area contributed by atoms with Crippen molar-refractivity contribution in [2.24, 2.45) is 0 Å². The Kier molecular flexibility index (Phi) is 3.24. The average Bonchev–Trinajstić information content (AvgIpc) is 2.60. The standard InChI is InChI=1S/C16H17BrN4/c1-8-5-12(17)7-13(6-8)21-10(3)9(2)14-15(18)19-11(4)20-16(14)21/h5-7H,1-4H3,(H2,18,19,20). The monoisotopic (exact) mass is 344 g/mol. The molecule has 0 aliphatic heterocycles. The predicted octanol–water partition coefficient (Wildman–Crippen LogP) is 4.00. The summed E-state index contributed by atoms with van der Waals surface area (Å²) in [6.07, 6.45) is 0. The Hall–Kier alpha value is -1.88. The van der Waals surface area contributed by atoms with E-state index < -0.39 is 0 Å². The molecule has 3 rings (SSSR count). The van der Waals surface area contributed by atoms with E-state index in [1.165, 1.54) is 5.56 Å². The first-order valence-electron chi connectivity index (χ1n) is 6.77. The van der Waals surface area contributed by atoms with Crippen LogP contribution in [0.2, 0.25) is 0 Å². The number of hydrogen-bond donors (Lipinski definition) is 1. The van der Waals surface area contributed by atoms with Crippen LogP contribution >= 0.6 is 15.9 Å². The summed E-state index contributed by atoms with van der Waals surface area (Å²) in [6, 6.07) is 6.32. The number of hydrogen-bond acceptors (Lipinski definition) is 3. The maximum Gasteiger partial charge on any atom is 0.150 e. The van der Waals surface area contributed by atoms with E-state index in [-0.39, 0.29) is 0 Å². The first-order chi connectivity index (χ1) is 9.88. The Morgan fingerprint density at radius 2 is 1.76 bits per heavy atom. The van der Waals surface area contributed by atoms with Crippen LogP contribution < -0.4 is 5.73 Å². The van der Waals surface area contributed by atoms with E-state index in [2.05, 4.69) is 69.4 Å². The van der Waals surface area contributed by atoms with E-state index in [1.54, 1.807) is 0 Å². The van der Waals surface area contributed by atoms with Gasteiger partial charge in [-0.15, -0.1) is 0 Å². The number of nitrogens with zero attached hydrogens (tertiary/aromatic N) is 3. The molecule has 0 aliphatic rings. The highest BCUT2D eigenvalue weighted by atomic mass is 79.9. The minimum atomic E-state index is 0.545. The van der Waals surface area contributed by atoms with E-state index in [9.17, 15) is 0 Å². The van der Waals surface area contributed by atoms with Gasteiger partial charge >= 0.3 is 0 Å². The van der Waals surface area contributed by atoms with Crippen LogP contribution in [0.25, 0.3) is 16.7 Å². The van der Waals surface area contributed by atoms with Gasteiger partial charge in [-0.1, -0.05) is 15.9 Å². The number of nitrogens with two attached hydrogens (primary N) is 1. The third kappa shape index (κ3) is 2.21. The molecular weight excluding hydrogens is 328 g/mol. The third-order valence-corrected chi connectivity index (χ3v) is 4.24. The molecule has 0 amide bonds. The van der Waals surface area contributed by atoms with Gasteiger partial charge in [0.25, 0.3) is 0 Å². The smallest absolute Gasteiger partial charge is 0.150 e. The van der Waals surface area contributed by atoms with Gasteiger partial charge in [-0.25, -0.2) is 9.97 Å². The predicted molar refractivity (Wildman–Crippen MR) is 89.9 cm³/mol. The molecule has 5 heteroatoms. The van der Waals surface area contributed by atoms with Crippen LogP contribution in [0.1, 0.15) is 22.6 Å². The Bertz CT molecular complexity index is 844. The Labute approximate surface area is 132 Å². The molecule has 0 aliphatic carbocycles. The molecule has 0 saturated carbocycles. The Morgan fingerprint density at radius 3 is 2.43 bits per heavy atom. The quantitative estimate of drug-likeness (QED) is 0.725. The molecule has 0 radical (unpaired) electrons. The van der Waals surface area contributed by atoms with Crippen LogP contribution in [0.3, 0.4) is 0 Å². The summed E-state index contributed by atoms with van der Waals surface area (Å²) in [5.74, 6) is 1.23. The van der Waals surface area contributed by atoms with Gasteiger partial charge in [-0.05, 0) is 57.0 Å². The summed E-state index contributed by atoms with van der Waals surface area (Å²) in [5.41, 5.74) is 11.5. The molecule has 2 aromatic heterocycles. The van der Waals surface area contributed by atoms with Crippen molar-refractivity contribution >= 4 is 32.8 Å². The van der Waals surface area contributed by atoms with Crippen LogP contribution in [-0.4, -0.2) is 14.5 Å². The highest BCUT2D eigenvalue weighted by Gasteiger charge is 2.17. The van der Waals surface area contributed by atoms with Gasteiger partial charge in [-0.3, -0.25) is 4.57 Å². The second-order valence-corrected chi connectivity index (χ2v) is 6.30. The number of nitrogen functional groups attached to an aromatic ring is 1. The second kappa shape index (κ2) is 4.84. The largest absolute Gasteiger partial charge is 0.383 e. The summed E-state index contributed by atoms with van der Waals surface area (Å²) in [4.78, 5) is 8.90. The molecule has 108 valence electrons. The van der Waals surface area contributed by atoms with Crippen molar-refractivity contribution in [1.82, 2.24) is 14.5 Å². The van der Waals surface area contributed by atoms with Gasteiger partial charge in [0.2, 0.25) is 0 Å². The summed E-state index contributed by atoms with van der Waals surface area (Å²) < 4.78 is 3.20. The van der Waals surface area contributed by atoms with Crippen LogP contribution in [0, 0.1) is 27.7 Å². The maximum absolute atomic E-state index is 6.10. The zero-order chi connectivity index (χ0) is 15.3. The fourth-order valence-corrected chi connectivity index (χ4v) is 3.37. The minimum absolute atomic E-state index is 0.545. The van der Waals surface area contributed by atoms with Crippen molar-refractivity contribution in [1.29, 1.82) is 0 Å². The molecular formula is C16H17BrN4. The third-order valence-electron chi connectivity index (χ3n) is 3.78. The molecule has 0 fully saturated rings. The average molecular weight is 345 g/mol. The molecule has 0 unspecified atom stereocenters. The van der Waals surface area contributed by atoms with E-state index >= 15 is 0 Å². The minimum Gasteiger partial charge on any atom is -0.383 e. The van der Waals surface area contributed by atoms with Gasteiger partial charge in [0, 0.05) is 15.9 Å². The van der Waals surface area contributed by atoms with Crippen molar-refractivity contribution in [2.75, 3.05) is 5.73 Å². The summed E-state index contributed by atoms with van der Waals surface area (Å²) in [6.45, 7) is 8.09. The molecule has 4 nitrogen and oxygen atoms in total. The van der Waals surface area contributed by atoms with Gasteiger partial charge < -0.3 is 5.73 Å². The highest BCUT2D eigenvalue weighted by molar-refractivity contribution is 9.10. The molecule has 1 aromatic carbocycles. The fraction of sp³-hybridized carbons (Fsp3) is 0.250. The number of anilines is 1. The van der Waals surface area contributed by atoms with Crippen LogP contribution in [0.15, 0.2) is 22.7 Å². The van der Waals surface area contributed by atoms with Gasteiger partial charge in [-0.2, -0.15) is 0 Å². The lowest BCUT2D eigenvalue weighted by Gasteiger charge is -2.10. The summed E-state index contributed by atoms with van der Waals surface area (Å²) >= 11 is 3.56. The number of aryl methyl sites for hydroxylation is 3. The zero-order valence-corrected chi connectivity index (χ0v) is 14.1. The fourth-order valence-electron chi connectivity index (χ4n) is 2.77. The van der Waals surface area contributed by atoms with E-state index in [4.69, 9.17) is 5.73 Å². The molecule has 21 heavy (non-hydrogen) atoms.